The monoisotopic (exact) mass is 275 g/mol. The molecule has 0 saturated carbocycles. The van der Waals surface area contributed by atoms with Gasteiger partial charge in [0.05, 0.1) is 11.4 Å². The molecule has 1 aliphatic rings. The van der Waals surface area contributed by atoms with Crippen molar-refractivity contribution in [2.24, 2.45) is 0 Å². The summed E-state index contributed by atoms with van der Waals surface area (Å²) in [6.45, 7) is 12.0. The Labute approximate surface area is 121 Å². The molecular weight excluding hydrogens is 250 g/mol. The summed E-state index contributed by atoms with van der Waals surface area (Å²) in [5, 5.41) is 3.04. The lowest BCUT2D eigenvalue weighted by molar-refractivity contribution is 0.237. The third-order valence-corrected chi connectivity index (χ3v) is 3.40. The van der Waals surface area contributed by atoms with E-state index in [9.17, 15) is 4.79 Å². The number of rotatable bonds is 1. The number of carbonyl (C=O) groups excluding carboxylic acids is 1. The van der Waals surface area contributed by atoms with E-state index in [1.54, 1.807) is 0 Å². The van der Waals surface area contributed by atoms with E-state index in [4.69, 9.17) is 0 Å². The van der Waals surface area contributed by atoms with Gasteiger partial charge in [-0.05, 0) is 46.8 Å². The van der Waals surface area contributed by atoms with E-state index in [0.29, 0.717) is 6.04 Å². The molecule has 0 spiro atoms. The SMILES string of the molecule is CC(C)N1CCN(C(=O)NC(C)(C)C)c2ccccc21. The maximum Gasteiger partial charge on any atom is 0.322 e. The van der Waals surface area contributed by atoms with E-state index in [-0.39, 0.29) is 11.6 Å². The van der Waals surface area contributed by atoms with Crippen molar-refractivity contribution in [2.45, 2.75) is 46.2 Å². The van der Waals surface area contributed by atoms with Gasteiger partial charge >= 0.3 is 6.03 Å². The molecule has 4 heteroatoms. The quantitative estimate of drug-likeness (QED) is 0.854. The van der Waals surface area contributed by atoms with Crippen LogP contribution in [-0.2, 0) is 0 Å². The van der Waals surface area contributed by atoms with Crippen LogP contribution >= 0.6 is 0 Å². The van der Waals surface area contributed by atoms with E-state index >= 15 is 0 Å². The van der Waals surface area contributed by atoms with Crippen LogP contribution in [0.1, 0.15) is 34.6 Å². The van der Waals surface area contributed by atoms with Crippen LogP contribution in [0.4, 0.5) is 16.2 Å². The Bertz CT molecular complexity index is 491. The molecule has 1 aromatic carbocycles. The largest absolute Gasteiger partial charge is 0.366 e. The van der Waals surface area contributed by atoms with Gasteiger partial charge in [-0.1, -0.05) is 12.1 Å². The highest BCUT2D eigenvalue weighted by atomic mass is 16.2. The Morgan fingerprint density at radius 2 is 1.75 bits per heavy atom. The van der Waals surface area contributed by atoms with Gasteiger partial charge in [0.1, 0.15) is 0 Å². The molecule has 2 amide bonds. The predicted octanol–water partition coefficient (Wildman–Crippen LogP) is 3.23. The molecule has 2 rings (SSSR count). The topological polar surface area (TPSA) is 35.6 Å². The number of amides is 2. The first-order valence-corrected chi connectivity index (χ1v) is 7.25. The number of carbonyl (C=O) groups is 1. The van der Waals surface area contributed by atoms with Gasteiger partial charge in [-0.15, -0.1) is 0 Å². The van der Waals surface area contributed by atoms with Gasteiger partial charge in [-0.3, -0.25) is 4.90 Å². The summed E-state index contributed by atoms with van der Waals surface area (Å²) in [7, 11) is 0. The highest BCUT2D eigenvalue weighted by molar-refractivity contribution is 5.97. The van der Waals surface area contributed by atoms with Crippen molar-refractivity contribution < 1.29 is 4.79 Å². The van der Waals surface area contributed by atoms with Crippen LogP contribution in [-0.4, -0.2) is 30.7 Å². The van der Waals surface area contributed by atoms with Crippen LogP contribution in [0.25, 0.3) is 0 Å². The van der Waals surface area contributed by atoms with Crippen LogP contribution in [0.15, 0.2) is 24.3 Å². The minimum Gasteiger partial charge on any atom is -0.366 e. The summed E-state index contributed by atoms with van der Waals surface area (Å²) in [5.74, 6) is 0. The Morgan fingerprint density at radius 1 is 1.15 bits per heavy atom. The summed E-state index contributed by atoms with van der Waals surface area (Å²) in [5.41, 5.74) is 1.91. The van der Waals surface area contributed by atoms with Crippen LogP contribution in [0.5, 0.6) is 0 Å². The summed E-state index contributed by atoms with van der Waals surface area (Å²) in [4.78, 5) is 16.6. The van der Waals surface area contributed by atoms with Crippen molar-refractivity contribution in [3.63, 3.8) is 0 Å². The number of nitrogens with one attached hydrogen (secondary N) is 1. The number of fused-ring (bicyclic) bond motifs is 1. The van der Waals surface area contributed by atoms with Crippen LogP contribution < -0.4 is 15.1 Å². The van der Waals surface area contributed by atoms with Gasteiger partial charge in [0.25, 0.3) is 0 Å². The molecule has 4 nitrogen and oxygen atoms in total. The predicted molar refractivity (Wildman–Crippen MR) is 84.6 cm³/mol. The summed E-state index contributed by atoms with van der Waals surface area (Å²) < 4.78 is 0. The van der Waals surface area contributed by atoms with Crippen molar-refractivity contribution in [3.05, 3.63) is 24.3 Å². The molecule has 0 unspecified atom stereocenters. The Kier molecular flexibility index (Phi) is 3.93. The normalized spacial score (nSPS) is 15.3. The van der Waals surface area contributed by atoms with Gasteiger partial charge in [0.15, 0.2) is 0 Å². The molecule has 0 radical (unpaired) electrons. The molecule has 1 heterocycles. The molecule has 0 aliphatic carbocycles. The maximum atomic E-state index is 12.4. The standard InChI is InChI=1S/C16H25N3O/c1-12(2)18-10-11-19(15(20)17-16(3,4)5)14-9-7-6-8-13(14)18/h6-9,12H,10-11H2,1-5H3,(H,17,20). The number of nitrogens with zero attached hydrogens (tertiary/aromatic N) is 2. The number of hydrogen-bond donors (Lipinski definition) is 1. The first-order chi connectivity index (χ1) is 9.29. The molecule has 1 aromatic rings. The highest BCUT2D eigenvalue weighted by Crippen LogP contribution is 2.34. The molecule has 0 saturated heterocycles. The fourth-order valence-corrected chi connectivity index (χ4v) is 2.52. The molecule has 0 fully saturated rings. The van der Waals surface area contributed by atoms with Crippen molar-refractivity contribution in [3.8, 4) is 0 Å². The first-order valence-electron chi connectivity index (χ1n) is 7.25. The van der Waals surface area contributed by atoms with E-state index in [1.165, 1.54) is 0 Å². The van der Waals surface area contributed by atoms with Gasteiger partial charge in [-0.2, -0.15) is 0 Å². The molecule has 0 aromatic heterocycles. The third-order valence-electron chi connectivity index (χ3n) is 3.40. The highest BCUT2D eigenvalue weighted by Gasteiger charge is 2.29. The fraction of sp³-hybridized carbons (Fsp3) is 0.562. The lowest BCUT2D eigenvalue weighted by Gasteiger charge is -2.40. The summed E-state index contributed by atoms with van der Waals surface area (Å²) in [6, 6.07) is 8.54. The van der Waals surface area contributed by atoms with Crippen molar-refractivity contribution >= 4 is 17.4 Å². The first kappa shape index (κ1) is 14.7. The van der Waals surface area contributed by atoms with Crippen molar-refractivity contribution in [2.75, 3.05) is 22.9 Å². The second-order valence-corrected chi connectivity index (χ2v) is 6.61. The zero-order valence-corrected chi connectivity index (χ0v) is 13.1. The van der Waals surface area contributed by atoms with Crippen molar-refractivity contribution in [1.29, 1.82) is 0 Å². The van der Waals surface area contributed by atoms with E-state index in [1.807, 2.05) is 43.9 Å². The second-order valence-electron chi connectivity index (χ2n) is 6.61. The van der Waals surface area contributed by atoms with E-state index in [0.717, 1.165) is 24.5 Å². The van der Waals surface area contributed by atoms with Gasteiger partial charge in [0.2, 0.25) is 0 Å². The lowest BCUT2D eigenvalue weighted by Crippen LogP contribution is -2.53. The lowest BCUT2D eigenvalue weighted by atomic mass is 10.1. The van der Waals surface area contributed by atoms with Crippen molar-refractivity contribution in [1.82, 2.24) is 5.32 Å². The zero-order chi connectivity index (χ0) is 14.9. The zero-order valence-electron chi connectivity index (χ0n) is 13.1. The minimum absolute atomic E-state index is 0.0200. The number of anilines is 2. The summed E-state index contributed by atoms with van der Waals surface area (Å²) >= 11 is 0. The Balaban J connectivity index is 2.30. The molecule has 1 aliphatic heterocycles. The maximum absolute atomic E-state index is 12.4. The van der Waals surface area contributed by atoms with Gasteiger partial charge in [0, 0.05) is 24.7 Å². The minimum atomic E-state index is -0.221. The molecule has 20 heavy (non-hydrogen) atoms. The van der Waals surface area contributed by atoms with Crippen LogP contribution in [0, 0.1) is 0 Å². The summed E-state index contributed by atoms with van der Waals surface area (Å²) in [6.07, 6.45) is 0. The average Bonchev–Trinajstić information content (AvgIpc) is 2.35. The number of hydrogen-bond acceptors (Lipinski definition) is 2. The average molecular weight is 275 g/mol. The molecule has 110 valence electrons. The fourth-order valence-electron chi connectivity index (χ4n) is 2.52. The van der Waals surface area contributed by atoms with Crippen LogP contribution in [0.2, 0.25) is 0 Å². The molecular formula is C16H25N3O. The van der Waals surface area contributed by atoms with E-state index in [2.05, 4.69) is 30.1 Å². The number of para-hydroxylation sites is 2. The number of benzene rings is 1. The molecule has 0 atom stereocenters. The number of urea groups is 1. The Hall–Kier alpha value is -1.71. The van der Waals surface area contributed by atoms with Crippen LogP contribution in [0.3, 0.4) is 0 Å². The van der Waals surface area contributed by atoms with Gasteiger partial charge < -0.3 is 10.2 Å². The molecule has 0 bridgehead atoms. The molecule has 1 N–H and O–H groups in total. The van der Waals surface area contributed by atoms with E-state index < -0.39 is 0 Å². The third kappa shape index (κ3) is 3.06. The second kappa shape index (κ2) is 5.35. The van der Waals surface area contributed by atoms with Gasteiger partial charge in [-0.25, -0.2) is 4.79 Å². The smallest absolute Gasteiger partial charge is 0.322 e. The Morgan fingerprint density at radius 3 is 2.30 bits per heavy atom.